The van der Waals surface area contributed by atoms with Crippen LogP contribution < -0.4 is 0 Å². The number of hydrogen-bond donors (Lipinski definition) is 1. The van der Waals surface area contributed by atoms with Crippen molar-refractivity contribution in [2.45, 2.75) is 0 Å². The van der Waals surface area contributed by atoms with Crippen LogP contribution in [0.5, 0.6) is 0 Å². The van der Waals surface area contributed by atoms with Gasteiger partial charge in [0.05, 0.1) is 27.4 Å². The van der Waals surface area contributed by atoms with Crippen molar-refractivity contribution in [3.63, 3.8) is 0 Å². The smallest absolute Gasteiger partial charge is 0.117 e. The third-order valence-electron chi connectivity index (χ3n) is 0.711. The van der Waals surface area contributed by atoms with Gasteiger partial charge in [0.25, 0.3) is 0 Å². The minimum absolute atomic E-state index is 0.760. The molecular formula is C5H13N2O+. The lowest BCUT2D eigenvalue weighted by Gasteiger charge is -2.20. The molecule has 0 bridgehead atoms. The number of rotatable bonds is 2. The van der Waals surface area contributed by atoms with Crippen molar-refractivity contribution in [2.75, 3.05) is 27.7 Å². The van der Waals surface area contributed by atoms with Crippen LogP contribution in [0.4, 0.5) is 0 Å². The molecule has 0 aliphatic rings. The lowest BCUT2D eigenvalue weighted by molar-refractivity contribution is -0.860. The fraction of sp³-hybridized carbons (Fsp3) is 0.800. The van der Waals surface area contributed by atoms with Gasteiger partial charge in [0, 0.05) is 0 Å². The van der Waals surface area contributed by atoms with Crippen LogP contribution in [0.2, 0.25) is 0 Å². The summed E-state index contributed by atoms with van der Waals surface area (Å²) in [6.45, 7) is 0.760. The van der Waals surface area contributed by atoms with Crippen molar-refractivity contribution < 1.29 is 9.69 Å². The van der Waals surface area contributed by atoms with Gasteiger partial charge in [-0.05, 0) is 0 Å². The molecule has 1 N–H and O–H groups in total. The molecule has 0 rings (SSSR count). The third-order valence-corrected chi connectivity index (χ3v) is 0.711. The highest BCUT2D eigenvalue weighted by molar-refractivity contribution is 5.57. The largest absolute Gasteiger partial charge is 0.411 e. The minimum Gasteiger partial charge on any atom is -0.411 e. The summed E-state index contributed by atoms with van der Waals surface area (Å²) in [4.78, 5) is 0. The summed E-state index contributed by atoms with van der Waals surface area (Å²) < 4.78 is 0.796. The Balaban J connectivity index is 3.39. The molecule has 0 amide bonds. The Morgan fingerprint density at radius 1 is 1.50 bits per heavy atom. The number of nitrogens with zero attached hydrogens (tertiary/aromatic N) is 2. The van der Waals surface area contributed by atoms with Gasteiger partial charge < -0.3 is 9.69 Å². The van der Waals surface area contributed by atoms with E-state index in [2.05, 4.69) is 5.16 Å². The van der Waals surface area contributed by atoms with Crippen molar-refractivity contribution in [3.8, 4) is 0 Å². The zero-order valence-corrected chi connectivity index (χ0v) is 5.63. The van der Waals surface area contributed by atoms with E-state index < -0.39 is 0 Å². The van der Waals surface area contributed by atoms with Gasteiger partial charge in [-0.1, -0.05) is 5.16 Å². The van der Waals surface area contributed by atoms with Gasteiger partial charge in [0.2, 0.25) is 0 Å². The lowest BCUT2D eigenvalue weighted by Crippen LogP contribution is -2.35. The van der Waals surface area contributed by atoms with E-state index in [1.807, 2.05) is 21.1 Å². The molecule has 3 nitrogen and oxygen atoms in total. The molecule has 8 heavy (non-hydrogen) atoms. The number of quaternary nitrogens is 1. The highest BCUT2D eigenvalue weighted by atomic mass is 16.4. The molecule has 0 aliphatic carbocycles. The molecule has 0 aromatic rings. The molecule has 0 atom stereocenters. The minimum atomic E-state index is 0.760. The van der Waals surface area contributed by atoms with Crippen molar-refractivity contribution >= 4 is 6.21 Å². The topological polar surface area (TPSA) is 32.6 Å². The Kier molecular flexibility index (Phi) is 2.48. The number of hydrogen-bond acceptors (Lipinski definition) is 2. The van der Waals surface area contributed by atoms with Crippen LogP contribution in [0.15, 0.2) is 5.16 Å². The van der Waals surface area contributed by atoms with Gasteiger partial charge in [-0.25, -0.2) is 0 Å². The van der Waals surface area contributed by atoms with Gasteiger partial charge in [0.1, 0.15) is 6.54 Å². The summed E-state index contributed by atoms with van der Waals surface area (Å²) in [5.74, 6) is 0. The molecule has 3 heteroatoms. The van der Waals surface area contributed by atoms with Gasteiger partial charge in [0.15, 0.2) is 0 Å². The normalized spacial score (nSPS) is 12.9. The second-order valence-electron chi connectivity index (χ2n) is 2.77. The van der Waals surface area contributed by atoms with Crippen molar-refractivity contribution in [3.05, 3.63) is 0 Å². The predicted octanol–water partition coefficient (Wildman–Crippen LogP) is 0.153. The van der Waals surface area contributed by atoms with E-state index in [1.54, 1.807) is 0 Å². The third kappa shape index (κ3) is 5.43. The van der Waals surface area contributed by atoms with Gasteiger partial charge in [-0.3, -0.25) is 0 Å². The Labute approximate surface area is 49.8 Å². The molecule has 0 unspecified atom stereocenters. The first kappa shape index (κ1) is 7.43. The summed E-state index contributed by atoms with van der Waals surface area (Å²) in [5, 5.41) is 10.9. The van der Waals surface area contributed by atoms with Gasteiger partial charge in [-0.2, -0.15) is 0 Å². The first-order valence-electron chi connectivity index (χ1n) is 2.52. The molecule has 0 aromatic heterocycles. The van der Waals surface area contributed by atoms with Crippen LogP contribution in [0, 0.1) is 0 Å². The first-order chi connectivity index (χ1) is 3.56. The van der Waals surface area contributed by atoms with Crippen LogP contribution in [0.3, 0.4) is 0 Å². The summed E-state index contributed by atoms with van der Waals surface area (Å²) >= 11 is 0. The second kappa shape index (κ2) is 2.67. The Morgan fingerprint density at radius 2 is 2.00 bits per heavy atom. The van der Waals surface area contributed by atoms with Crippen LogP contribution in [0.1, 0.15) is 0 Å². The molecular weight excluding hydrogens is 104 g/mol. The highest BCUT2D eigenvalue weighted by Gasteiger charge is 2.01. The molecule has 0 saturated heterocycles. The molecule has 0 radical (unpaired) electrons. The van der Waals surface area contributed by atoms with E-state index in [9.17, 15) is 0 Å². The SMILES string of the molecule is C[N+](C)(C)C/C=N\O. The summed E-state index contributed by atoms with van der Waals surface area (Å²) in [7, 11) is 6.09. The molecule has 0 aromatic carbocycles. The fourth-order valence-electron chi connectivity index (χ4n) is 0.281. The lowest BCUT2D eigenvalue weighted by atomic mass is 10.5. The quantitative estimate of drug-likeness (QED) is 0.237. The molecule has 0 spiro atoms. The van der Waals surface area contributed by atoms with Gasteiger partial charge in [-0.15, -0.1) is 0 Å². The summed E-state index contributed by atoms with van der Waals surface area (Å²) in [5.41, 5.74) is 0. The number of oxime groups is 1. The van der Waals surface area contributed by atoms with Crippen molar-refractivity contribution in [1.29, 1.82) is 0 Å². The van der Waals surface area contributed by atoms with Crippen LogP contribution >= 0.6 is 0 Å². The van der Waals surface area contributed by atoms with Crippen molar-refractivity contribution in [2.24, 2.45) is 5.16 Å². The van der Waals surface area contributed by atoms with E-state index in [4.69, 9.17) is 5.21 Å². The standard InChI is InChI=1S/C5H12N2O/c1-7(2,3)5-4-6-8/h4H,5H2,1-3H3/p+1/b6-4-. The molecule has 0 fully saturated rings. The van der Waals surface area contributed by atoms with Gasteiger partial charge >= 0.3 is 0 Å². The monoisotopic (exact) mass is 117 g/mol. The van der Waals surface area contributed by atoms with E-state index in [0.717, 1.165) is 11.0 Å². The van der Waals surface area contributed by atoms with E-state index in [-0.39, 0.29) is 0 Å². The Bertz CT molecular complexity index is 82.9. The predicted molar refractivity (Wildman–Crippen MR) is 33.2 cm³/mol. The van der Waals surface area contributed by atoms with E-state index in [1.165, 1.54) is 6.21 Å². The van der Waals surface area contributed by atoms with E-state index >= 15 is 0 Å². The maximum atomic E-state index is 7.99. The van der Waals surface area contributed by atoms with E-state index in [0.29, 0.717) is 0 Å². The maximum absolute atomic E-state index is 7.99. The molecule has 48 valence electrons. The van der Waals surface area contributed by atoms with Crippen LogP contribution in [-0.2, 0) is 0 Å². The first-order valence-corrected chi connectivity index (χ1v) is 2.52. The molecule has 0 aliphatic heterocycles. The van der Waals surface area contributed by atoms with Crippen LogP contribution in [-0.4, -0.2) is 43.6 Å². The molecule has 0 heterocycles. The maximum Gasteiger partial charge on any atom is 0.117 e. The van der Waals surface area contributed by atoms with Crippen molar-refractivity contribution in [1.82, 2.24) is 0 Å². The zero-order valence-electron chi connectivity index (χ0n) is 5.63. The molecule has 0 saturated carbocycles. The highest BCUT2D eigenvalue weighted by Crippen LogP contribution is 1.83. The fourth-order valence-corrected chi connectivity index (χ4v) is 0.281. The average molecular weight is 117 g/mol. The van der Waals surface area contributed by atoms with Crippen LogP contribution in [0.25, 0.3) is 0 Å². The summed E-state index contributed by atoms with van der Waals surface area (Å²) in [6, 6.07) is 0. The zero-order chi connectivity index (χ0) is 6.62. The average Bonchev–Trinajstić information content (AvgIpc) is 1.59. The summed E-state index contributed by atoms with van der Waals surface area (Å²) in [6.07, 6.45) is 1.49. The second-order valence-corrected chi connectivity index (χ2v) is 2.77. The Morgan fingerprint density at radius 3 is 2.12 bits per heavy atom. The Hall–Kier alpha value is -0.570.